The molecule has 4 atom stereocenters. The lowest BCUT2D eigenvalue weighted by molar-refractivity contribution is -0.0640. The molecular formula is C17H24ClNO. The third-order valence-electron chi connectivity index (χ3n) is 5.50. The van der Waals surface area contributed by atoms with Gasteiger partial charge in [0, 0.05) is 23.0 Å². The van der Waals surface area contributed by atoms with E-state index in [-0.39, 0.29) is 5.60 Å². The first-order chi connectivity index (χ1) is 9.55. The lowest BCUT2D eigenvalue weighted by atomic mass is 9.66. The predicted molar refractivity (Wildman–Crippen MR) is 83.4 cm³/mol. The van der Waals surface area contributed by atoms with Gasteiger partial charge in [0.25, 0.3) is 0 Å². The van der Waals surface area contributed by atoms with Crippen LogP contribution in [0.2, 0.25) is 5.02 Å². The van der Waals surface area contributed by atoms with Gasteiger partial charge in [0.1, 0.15) is 11.4 Å². The molecule has 1 aromatic rings. The molecule has 0 aromatic heterocycles. The molecule has 1 fully saturated rings. The minimum Gasteiger partial charge on any atom is -0.487 e. The average Bonchev–Trinajstić information content (AvgIpc) is 2.44. The summed E-state index contributed by atoms with van der Waals surface area (Å²) in [6.45, 7) is 4.72. The SMILES string of the molecule is CNC1CC2(CCCC(C)C2C)Oc2ccc(Cl)cc21. The highest BCUT2D eigenvalue weighted by Crippen LogP contribution is 2.50. The Morgan fingerprint density at radius 1 is 1.35 bits per heavy atom. The van der Waals surface area contributed by atoms with E-state index in [9.17, 15) is 0 Å². The number of fused-ring (bicyclic) bond motifs is 1. The van der Waals surface area contributed by atoms with E-state index < -0.39 is 0 Å². The molecule has 1 heterocycles. The van der Waals surface area contributed by atoms with Crippen LogP contribution in [0.5, 0.6) is 5.75 Å². The number of rotatable bonds is 1. The summed E-state index contributed by atoms with van der Waals surface area (Å²) >= 11 is 6.14. The van der Waals surface area contributed by atoms with E-state index >= 15 is 0 Å². The molecule has 20 heavy (non-hydrogen) atoms. The lowest BCUT2D eigenvalue weighted by Crippen LogP contribution is -2.52. The summed E-state index contributed by atoms with van der Waals surface area (Å²) in [5, 5.41) is 4.24. The van der Waals surface area contributed by atoms with Crippen LogP contribution in [0, 0.1) is 11.8 Å². The first-order valence-electron chi connectivity index (χ1n) is 7.71. The maximum absolute atomic E-state index is 6.53. The van der Waals surface area contributed by atoms with Gasteiger partial charge in [-0.2, -0.15) is 0 Å². The van der Waals surface area contributed by atoms with Gasteiger partial charge in [-0.1, -0.05) is 31.9 Å². The standard InChI is InChI=1S/C17H24ClNO/c1-11-5-4-8-17(12(11)2)10-15(19-3)14-9-13(18)6-7-16(14)20-17/h6-7,9,11-12,15,19H,4-5,8,10H2,1-3H3. The first kappa shape index (κ1) is 14.2. The van der Waals surface area contributed by atoms with Crippen molar-refractivity contribution in [3.8, 4) is 5.75 Å². The molecule has 4 unspecified atom stereocenters. The highest BCUT2D eigenvalue weighted by atomic mass is 35.5. The van der Waals surface area contributed by atoms with Gasteiger partial charge in [-0.05, 0) is 49.9 Å². The molecule has 1 aliphatic carbocycles. The molecule has 0 saturated heterocycles. The zero-order chi connectivity index (χ0) is 14.3. The van der Waals surface area contributed by atoms with Crippen LogP contribution in [0.4, 0.5) is 0 Å². The van der Waals surface area contributed by atoms with Crippen LogP contribution in [0.15, 0.2) is 18.2 Å². The summed E-state index contributed by atoms with van der Waals surface area (Å²) < 4.78 is 6.53. The normalized spacial score (nSPS) is 36.5. The quantitative estimate of drug-likeness (QED) is 0.818. The van der Waals surface area contributed by atoms with Crippen molar-refractivity contribution in [2.24, 2.45) is 11.8 Å². The highest BCUT2D eigenvalue weighted by molar-refractivity contribution is 6.30. The molecule has 1 spiro atoms. The van der Waals surface area contributed by atoms with Gasteiger partial charge in [-0.25, -0.2) is 0 Å². The van der Waals surface area contributed by atoms with Crippen molar-refractivity contribution in [2.75, 3.05) is 7.05 Å². The largest absolute Gasteiger partial charge is 0.487 e. The van der Waals surface area contributed by atoms with Crippen molar-refractivity contribution in [1.29, 1.82) is 0 Å². The molecule has 110 valence electrons. The van der Waals surface area contributed by atoms with Crippen molar-refractivity contribution in [1.82, 2.24) is 5.32 Å². The van der Waals surface area contributed by atoms with Gasteiger partial charge in [0.05, 0.1) is 0 Å². The fourth-order valence-corrected chi connectivity index (χ4v) is 4.19. The van der Waals surface area contributed by atoms with Gasteiger partial charge in [0.15, 0.2) is 0 Å². The highest BCUT2D eigenvalue weighted by Gasteiger charge is 2.48. The van der Waals surface area contributed by atoms with Crippen LogP contribution in [0.1, 0.15) is 51.1 Å². The summed E-state index contributed by atoms with van der Waals surface area (Å²) in [7, 11) is 2.03. The summed E-state index contributed by atoms with van der Waals surface area (Å²) in [6, 6.07) is 6.35. The minimum atomic E-state index is -0.00777. The van der Waals surface area contributed by atoms with Crippen molar-refractivity contribution < 1.29 is 4.74 Å². The molecule has 1 saturated carbocycles. The smallest absolute Gasteiger partial charge is 0.125 e. The average molecular weight is 294 g/mol. The van der Waals surface area contributed by atoms with Crippen molar-refractivity contribution in [3.05, 3.63) is 28.8 Å². The molecule has 0 amide bonds. The topological polar surface area (TPSA) is 21.3 Å². The molecule has 0 bridgehead atoms. The molecule has 1 aromatic carbocycles. The lowest BCUT2D eigenvalue weighted by Gasteiger charge is -2.50. The molecule has 3 heteroatoms. The van der Waals surface area contributed by atoms with Gasteiger partial charge < -0.3 is 10.1 Å². The number of halogens is 1. The monoisotopic (exact) mass is 293 g/mol. The fourth-order valence-electron chi connectivity index (χ4n) is 4.01. The van der Waals surface area contributed by atoms with Gasteiger partial charge >= 0.3 is 0 Å². The van der Waals surface area contributed by atoms with E-state index in [1.54, 1.807) is 0 Å². The Hall–Kier alpha value is -0.730. The van der Waals surface area contributed by atoms with E-state index in [2.05, 4.69) is 19.2 Å². The number of benzene rings is 1. The molecule has 2 nitrogen and oxygen atoms in total. The van der Waals surface area contributed by atoms with Crippen LogP contribution in [0.25, 0.3) is 0 Å². The van der Waals surface area contributed by atoms with E-state index in [1.807, 2.05) is 25.2 Å². The van der Waals surface area contributed by atoms with Gasteiger partial charge in [-0.3, -0.25) is 0 Å². The predicted octanol–water partition coefficient (Wildman–Crippen LogP) is 4.58. The number of nitrogens with one attached hydrogen (secondary N) is 1. The Bertz CT molecular complexity index is 504. The maximum Gasteiger partial charge on any atom is 0.125 e. The van der Waals surface area contributed by atoms with Crippen LogP contribution in [-0.2, 0) is 0 Å². The van der Waals surface area contributed by atoms with Gasteiger partial charge in [0.2, 0.25) is 0 Å². The number of ether oxygens (including phenoxy) is 1. The first-order valence-corrected chi connectivity index (χ1v) is 8.09. The van der Waals surface area contributed by atoms with Crippen molar-refractivity contribution in [2.45, 2.75) is 51.2 Å². The molecule has 3 rings (SSSR count). The summed E-state index contributed by atoms with van der Waals surface area (Å²) in [4.78, 5) is 0. The van der Waals surface area contributed by atoms with Crippen LogP contribution < -0.4 is 10.1 Å². The molecule has 2 aliphatic rings. The fraction of sp³-hybridized carbons (Fsp3) is 0.647. The van der Waals surface area contributed by atoms with Gasteiger partial charge in [-0.15, -0.1) is 0 Å². The van der Waals surface area contributed by atoms with Crippen molar-refractivity contribution >= 4 is 11.6 Å². The molecule has 1 aliphatic heterocycles. The minimum absolute atomic E-state index is 0.00777. The second-order valence-electron chi connectivity index (χ2n) is 6.55. The number of hydrogen-bond donors (Lipinski definition) is 1. The van der Waals surface area contributed by atoms with E-state index in [0.717, 1.165) is 23.1 Å². The molecule has 0 radical (unpaired) electrons. The molecule has 1 N–H and O–H groups in total. The van der Waals surface area contributed by atoms with Crippen LogP contribution >= 0.6 is 11.6 Å². The third kappa shape index (κ3) is 2.23. The zero-order valence-corrected chi connectivity index (χ0v) is 13.3. The summed E-state index contributed by atoms with van der Waals surface area (Å²) in [5.41, 5.74) is 1.20. The maximum atomic E-state index is 6.53. The van der Waals surface area contributed by atoms with E-state index in [0.29, 0.717) is 12.0 Å². The van der Waals surface area contributed by atoms with E-state index in [1.165, 1.54) is 24.8 Å². The Morgan fingerprint density at radius 2 is 2.15 bits per heavy atom. The Balaban J connectivity index is 2.00. The molecular weight excluding hydrogens is 270 g/mol. The van der Waals surface area contributed by atoms with Crippen LogP contribution in [0.3, 0.4) is 0 Å². The summed E-state index contributed by atoms with van der Waals surface area (Å²) in [6.07, 6.45) is 4.80. The Labute approximate surface area is 126 Å². The Kier molecular flexibility index (Phi) is 3.72. The zero-order valence-electron chi connectivity index (χ0n) is 12.6. The third-order valence-corrected chi connectivity index (χ3v) is 5.74. The second-order valence-corrected chi connectivity index (χ2v) is 6.99. The summed E-state index contributed by atoms with van der Waals surface area (Å²) in [5.74, 6) is 2.34. The number of hydrogen-bond acceptors (Lipinski definition) is 2. The van der Waals surface area contributed by atoms with E-state index in [4.69, 9.17) is 16.3 Å². The second kappa shape index (κ2) is 5.23. The van der Waals surface area contributed by atoms with Crippen LogP contribution in [-0.4, -0.2) is 12.6 Å². The Morgan fingerprint density at radius 3 is 2.90 bits per heavy atom. The van der Waals surface area contributed by atoms with Crippen molar-refractivity contribution in [3.63, 3.8) is 0 Å².